The third-order valence-corrected chi connectivity index (χ3v) is 5.87. The summed E-state index contributed by atoms with van der Waals surface area (Å²) < 4.78 is 27.3. The Balaban J connectivity index is 2.25. The van der Waals surface area contributed by atoms with Crippen LogP contribution in [-0.2, 0) is 10.0 Å². The van der Waals surface area contributed by atoms with Crippen molar-refractivity contribution in [2.24, 2.45) is 0 Å². The van der Waals surface area contributed by atoms with Crippen molar-refractivity contribution in [1.82, 2.24) is 4.72 Å². The molecule has 1 aromatic rings. The predicted octanol–water partition coefficient (Wildman–Crippen LogP) is 2.59. The van der Waals surface area contributed by atoms with E-state index in [1.807, 2.05) is 13.0 Å². The van der Waals surface area contributed by atoms with Crippen LogP contribution in [0, 0.1) is 6.92 Å². The van der Waals surface area contributed by atoms with E-state index in [-0.39, 0.29) is 5.54 Å². The van der Waals surface area contributed by atoms with Crippen LogP contribution in [-0.4, -0.2) is 19.3 Å². The first-order chi connectivity index (χ1) is 7.97. The lowest BCUT2D eigenvalue weighted by Gasteiger charge is -2.40. The summed E-state index contributed by atoms with van der Waals surface area (Å²) >= 11 is 3.40. The van der Waals surface area contributed by atoms with E-state index in [0.29, 0.717) is 10.2 Å². The first-order valence-corrected chi connectivity index (χ1v) is 8.25. The van der Waals surface area contributed by atoms with Crippen LogP contribution in [0.15, 0.2) is 29.2 Å². The monoisotopic (exact) mass is 317 g/mol. The molecule has 2 rings (SSSR count). The van der Waals surface area contributed by atoms with Crippen LogP contribution >= 0.6 is 15.9 Å². The molecule has 0 aliphatic heterocycles. The molecule has 1 saturated carbocycles. The molecular formula is C12H16BrNO2S. The Morgan fingerprint density at radius 1 is 1.41 bits per heavy atom. The molecule has 0 unspecified atom stereocenters. The molecule has 1 N–H and O–H groups in total. The molecule has 0 atom stereocenters. The number of hydrogen-bond acceptors (Lipinski definition) is 2. The van der Waals surface area contributed by atoms with Gasteiger partial charge in [0.25, 0.3) is 0 Å². The number of hydrogen-bond donors (Lipinski definition) is 1. The Morgan fingerprint density at radius 2 is 2.12 bits per heavy atom. The Morgan fingerprint density at radius 3 is 2.59 bits per heavy atom. The van der Waals surface area contributed by atoms with Gasteiger partial charge in [-0.25, -0.2) is 13.1 Å². The van der Waals surface area contributed by atoms with Crippen molar-refractivity contribution < 1.29 is 8.42 Å². The quantitative estimate of drug-likeness (QED) is 0.868. The summed E-state index contributed by atoms with van der Waals surface area (Å²) in [4.78, 5) is 0.352. The van der Waals surface area contributed by atoms with E-state index >= 15 is 0 Å². The van der Waals surface area contributed by atoms with Crippen molar-refractivity contribution in [3.05, 3.63) is 29.8 Å². The van der Waals surface area contributed by atoms with E-state index < -0.39 is 10.0 Å². The standard InChI is InChI=1S/C12H16BrNO2S/c1-10-4-2-5-11(8-10)17(15,16)14-12(9-13)6-3-7-12/h2,4-5,8,14H,3,6-7,9H2,1H3. The number of sulfonamides is 1. The van der Waals surface area contributed by atoms with Gasteiger partial charge >= 0.3 is 0 Å². The Kier molecular flexibility index (Phi) is 3.61. The van der Waals surface area contributed by atoms with E-state index in [4.69, 9.17) is 0 Å². The minimum Gasteiger partial charge on any atom is -0.207 e. The average molecular weight is 318 g/mol. The van der Waals surface area contributed by atoms with Crippen molar-refractivity contribution in [1.29, 1.82) is 0 Å². The molecule has 0 saturated heterocycles. The highest BCUT2D eigenvalue weighted by molar-refractivity contribution is 9.09. The molecule has 1 aliphatic carbocycles. The molecule has 94 valence electrons. The molecule has 5 heteroatoms. The SMILES string of the molecule is Cc1cccc(S(=O)(=O)NC2(CBr)CCC2)c1. The molecule has 17 heavy (non-hydrogen) atoms. The molecule has 0 radical (unpaired) electrons. The summed E-state index contributed by atoms with van der Waals surface area (Å²) in [5.41, 5.74) is 0.678. The minimum atomic E-state index is -3.39. The van der Waals surface area contributed by atoms with E-state index in [2.05, 4.69) is 20.7 Å². The largest absolute Gasteiger partial charge is 0.241 e. The van der Waals surface area contributed by atoms with Gasteiger partial charge in [-0.3, -0.25) is 0 Å². The Hall–Kier alpha value is -0.390. The van der Waals surface area contributed by atoms with Crippen LogP contribution in [0.2, 0.25) is 0 Å². The highest BCUT2D eigenvalue weighted by atomic mass is 79.9. The summed E-state index contributed by atoms with van der Waals surface area (Å²) in [6.07, 6.45) is 2.90. The normalized spacial score (nSPS) is 18.7. The van der Waals surface area contributed by atoms with Crippen molar-refractivity contribution in [2.75, 3.05) is 5.33 Å². The lowest BCUT2D eigenvalue weighted by molar-refractivity contribution is 0.256. The molecule has 0 spiro atoms. The van der Waals surface area contributed by atoms with Gasteiger partial charge in [0.2, 0.25) is 10.0 Å². The molecule has 0 aromatic heterocycles. The fourth-order valence-corrected chi connectivity index (χ4v) is 4.44. The van der Waals surface area contributed by atoms with Gasteiger partial charge in [-0.15, -0.1) is 0 Å². The molecule has 1 aromatic carbocycles. The maximum atomic E-state index is 12.2. The number of aryl methyl sites for hydroxylation is 1. The van der Waals surface area contributed by atoms with Gasteiger partial charge in [-0.1, -0.05) is 28.1 Å². The van der Waals surface area contributed by atoms with E-state index in [9.17, 15) is 8.42 Å². The summed E-state index contributed by atoms with van der Waals surface area (Å²) in [5.74, 6) is 0. The van der Waals surface area contributed by atoms with Crippen molar-refractivity contribution in [3.63, 3.8) is 0 Å². The van der Waals surface area contributed by atoms with Gasteiger partial charge in [0.15, 0.2) is 0 Å². The van der Waals surface area contributed by atoms with Gasteiger partial charge < -0.3 is 0 Å². The van der Waals surface area contributed by atoms with Gasteiger partial charge in [-0.05, 0) is 43.9 Å². The fourth-order valence-electron chi connectivity index (χ4n) is 1.99. The number of nitrogens with one attached hydrogen (secondary N) is 1. The van der Waals surface area contributed by atoms with Gasteiger partial charge in [0.1, 0.15) is 0 Å². The van der Waals surface area contributed by atoms with Crippen LogP contribution < -0.4 is 4.72 Å². The van der Waals surface area contributed by atoms with Crippen molar-refractivity contribution in [2.45, 2.75) is 36.6 Å². The number of benzene rings is 1. The molecular weight excluding hydrogens is 302 g/mol. The summed E-state index contributed by atoms with van der Waals surface area (Å²) in [5, 5.41) is 0.672. The highest BCUT2D eigenvalue weighted by Crippen LogP contribution is 2.34. The molecule has 0 heterocycles. The van der Waals surface area contributed by atoms with E-state index in [1.165, 1.54) is 0 Å². The van der Waals surface area contributed by atoms with Crippen molar-refractivity contribution in [3.8, 4) is 0 Å². The third kappa shape index (κ3) is 2.72. The van der Waals surface area contributed by atoms with Crippen LogP contribution in [0.5, 0.6) is 0 Å². The first-order valence-electron chi connectivity index (χ1n) is 5.64. The van der Waals surface area contributed by atoms with Crippen LogP contribution in [0.3, 0.4) is 0 Å². The minimum absolute atomic E-state index is 0.275. The molecule has 0 bridgehead atoms. The van der Waals surface area contributed by atoms with Gasteiger partial charge in [0, 0.05) is 10.9 Å². The number of rotatable bonds is 4. The third-order valence-electron chi connectivity index (χ3n) is 3.22. The Labute approximate surface area is 111 Å². The van der Waals surface area contributed by atoms with Crippen LogP contribution in [0.1, 0.15) is 24.8 Å². The van der Waals surface area contributed by atoms with Gasteiger partial charge in [0.05, 0.1) is 4.90 Å². The smallest absolute Gasteiger partial charge is 0.207 e. The summed E-state index contributed by atoms with van der Waals surface area (Å²) in [6.45, 7) is 1.89. The zero-order chi connectivity index (χ0) is 12.5. The van der Waals surface area contributed by atoms with Gasteiger partial charge in [-0.2, -0.15) is 0 Å². The van der Waals surface area contributed by atoms with E-state index in [0.717, 1.165) is 24.8 Å². The second-order valence-electron chi connectivity index (χ2n) is 4.69. The maximum absolute atomic E-state index is 12.2. The number of halogens is 1. The highest BCUT2D eigenvalue weighted by Gasteiger charge is 2.39. The Bertz CT molecular complexity index is 503. The maximum Gasteiger partial charge on any atom is 0.241 e. The topological polar surface area (TPSA) is 46.2 Å². The fraction of sp³-hybridized carbons (Fsp3) is 0.500. The molecule has 3 nitrogen and oxygen atoms in total. The molecule has 1 aliphatic rings. The molecule has 1 fully saturated rings. The average Bonchev–Trinajstić information content (AvgIpc) is 2.24. The predicted molar refractivity (Wildman–Crippen MR) is 71.9 cm³/mol. The lowest BCUT2D eigenvalue weighted by atomic mass is 9.80. The van der Waals surface area contributed by atoms with Crippen LogP contribution in [0.4, 0.5) is 0 Å². The summed E-state index contributed by atoms with van der Waals surface area (Å²) in [7, 11) is -3.39. The lowest BCUT2D eigenvalue weighted by Crippen LogP contribution is -2.54. The zero-order valence-corrected chi connectivity index (χ0v) is 12.1. The van der Waals surface area contributed by atoms with E-state index in [1.54, 1.807) is 18.2 Å². The summed E-state index contributed by atoms with van der Waals surface area (Å²) in [6, 6.07) is 6.99. The second-order valence-corrected chi connectivity index (χ2v) is 6.93. The second kappa shape index (κ2) is 4.71. The van der Waals surface area contributed by atoms with Crippen LogP contribution in [0.25, 0.3) is 0 Å². The first kappa shape index (κ1) is 13.1. The number of alkyl halides is 1. The molecule has 0 amide bonds. The van der Waals surface area contributed by atoms with Crippen molar-refractivity contribution >= 4 is 26.0 Å². The zero-order valence-electron chi connectivity index (χ0n) is 9.74.